The third-order valence-corrected chi connectivity index (χ3v) is 6.28. The van der Waals surface area contributed by atoms with Gasteiger partial charge in [-0.2, -0.15) is 0 Å². The SMILES string of the molecule is COC(=O)CC(NC(=O)c1ccc(S(=O)(=O)Nc2ccc(Cl)cc2)cc1)c1ccccc1. The molecule has 0 radical (unpaired) electrons. The van der Waals surface area contributed by atoms with Crippen LogP contribution in [-0.4, -0.2) is 27.4 Å². The number of ether oxygens (including phenoxy) is 1. The third kappa shape index (κ3) is 6.09. The molecule has 9 heteroatoms. The van der Waals surface area contributed by atoms with Gasteiger partial charge in [0.05, 0.1) is 24.5 Å². The lowest BCUT2D eigenvalue weighted by Crippen LogP contribution is -2.30. The van der Waals surface area contributed by atoms with Crippen molar-refractivity contribution in [2.75, 3.05) is 11.8 Å². The molecule has 0 saturated heterocycles. The Balaban J connectivity index is 1.74. The first kappa shape index (κ1) is 23.3. The standard InChI is InChI=1S/C23H21ClN2O5S/c1-31-22(27)15-21(16-5-3-2-4-6-16)25-23(28)17-7-13-20(14-8-17)32(29,30)26-19-11-9-18(24)10-12-19/h2-14,21,26H,15H2,1H3,(H,25,28). The Kier molecular flexibility index (Phi) is 7.50. The summed E-state index contributed by atoms with van der Waals surface area (Å²) < 4.78 is 32.4. The number of esters is 1. The third-order valence-electron chi connectivity index (χ3n) is 4.63. The Labute approximate surface area is 191 Å². The fourth-order valence-electron chi connectivity index (χ4n) is 2.95. The number of hydrogen-bond donors (Lipinski definition) is 2. The summed E-state index contributed by atoms with van der Waals surface area (Å²) in [6, 6.07) is 20.2. The fourth-order valence-corrected chi connectivity index (χ4v) is 4.13. The molecule has 166 valence electrons. The van der Waals surface area contributed by atoms with Crippen molar-refractivity contribution >= 4 is 39.2 Å². The Morgan fingerprint density at radius 2 is 1.56 bits per heavy atom. The molecule has 0 spiro atoms. The van der Waals surface area contributed by atoms with Gasteiger partial charge in [-0.15, -0.1) is 0 Å². The van der Waals surface area contributed by atoms with Gasteiger partial charge in [0.15, 0.2) is 0 Å². The van der Waals surface area contributed by atoms with Crippen molar-refractivity contribution in [1.29, 1.82) is 0 Å². The lowest BCUT2D eigenvalue weighted by Gasteiger charge is -2.18. The molecule has 1 unspecified atom stereocenters. The molecule has 3 aromatic rings. The monoisotopic (exact) mass is 472 g/mol. The normalized spacial score (nSPS) is 11.9. The van der Waals surface area contributed by atoms with E-state index in [1.54, 1.807) is 48.5 Å². The van der Waals surface area contributed by atoms with Gasteiger partial charge < -0.3 is 10.1 Å². The van der Waals surface area contributed by atoms with Crippen molar-refractivity contribution in [3.63, 3.8) is 0 Å². The number of anilines is 1. The highest BCUT2D eigenvalue weighted by atomic mass is 35.5. The van der Waals surface area contributed by atoms with E-state index in [0.29, 0.717) is 10.7 Å². The maximum Gasteiger partial charge on any atom is 0.307 e. The molecule has 0 aromatic heterocycles. The molecule has 0 aliphatic rings. The molecule has 3 rings (SSSR count). The maximum absolute atomic E-state index is 12.7. The highest BCUT2D eigenvalue weighted by molar-refractivity contribution is 7.92. The van der Waals surface area contributed by atoms with E-state index < -0.39 is 27.9 Å². The summed E-state index contributed by atoms with van der Waals surface area (Å²) in [5, 5.41) is 3.29. The number of nitrogens with one attached hydrogen (secondary N) is 2. The fraction of sp³-hybridized carbons (Fsp3) is 0.130. The van der Waals surface area contributed by atoms with E-state index in [2.05, 4.69) is 10.0 Å². The minimum atomic E-state index is -3.84. The van der Waals surface area contributed by atoms with Gasteiger partial charge in [0.2, 0.25) is 0 Å². The Hall–Kier alpha value is -3.36. The van der Waals surface area contributed by atoms with Crippen LogP contribution in [0.4, 0.5) is 5.69 Å². The predicted molar refractivity (Wildman–Crippen MR) is 122 cm³/mol. The van der Waals surface area contributed by atoms with Crippen molar-refractivity contribution in [3.8, 4) is 0 Å². The summed E-state index contributed by atoms with van der Waals surface area (Å²) in [7, 11) is -2.56. The molecule has 0 aliphatic heterocycles. The number of carbonyl (C=O) groups excluding carboxylic acids is 2. The second-order valence-corrected chi connectivity index (χ2v) is 8.97. The van der Waals surface area contributed by atoms with E-state index in [1.807, 2.05) is 6.07 Å². The van der Waals surface area contributed by atoms with Gasteiger partial charge in [-0.05, 0) is 54.1 Å². The van der Waals surface area contributed by atoms with Crippen LogP contribution in [0.25, 0.3) is 0 Å². The van der Waals surface area contributed by atoms with E-state index in [9.17, 15) is 18.0 Å². The summed E-state index contributed by atoms with van der Waals surface area (Å²) >= 11 is 5.82. The second-order valence-electron chi connectivity index (χ2n) is 6.85. The second kappa shape index (κ2) is 10.3. The predicted octanol–water partition coefficient (Wildman–Crippen LogP) is 4.18. The average Bonchev–Trinajstić information content (AvgIpc) is 2.80. The summed E-state index contributed by atoms with van der Waals surface area (Å²) in [5.41, 5.74) is 1.36. The van der Waals surface area contributed by atoms with E-state index >= 15 is 0 Å². The molecular formula is C23H21ClN2O5S. The molecule has 1 amide bonds. The minimum Gasteiger partial charge on any atom is -0.469 e. The Bertz CT molecular complexity index is 1180. The number of halogens is 1. The smallest absolute Gasteiger partial charge is 0.307 e. The number of benzene rings is 3. The maximum atomic E-state index is 12.7. The first-order valence-corrected chi connectivity index (χ1v) is 11.5. The van der Waals surface area contributed by atoms with Crippen LogP contribution in [0.1, 0.15) is 28.4 Å². The van der Waals surface area contributed by atoms with Gasteiger partial charge in [-0.1, -0.05) is 41.9 Å². The number of sulfonamides is 1. The van der Waals surface area contributed by atoms with Gasteiger partial charge in [0, 0.05) is 16.3 Å². The van der Waals surface area contributed by atoms with Crippen molar-refractivity contribution in [3.05, 3.63) is 95.0 Å². The summed E-state index contributed by atoms with van der Waals surface area (Å²) in [6.45, 7) is 0. The minimum absolute atomic E-state index is 0.00169. The number of rotatable bonds is 8. The highest BCUT2D eigenvalue weighted by Gasteiger charge is 2.20. The topological polar surface area (TPSA) is 102 Å². The molecule has 3 aromatic carbocycles. The van der Waals surface area contributed by atoms with E-state index in [-0.39, 0.29) is 16.9 Å². The molecule has 7 nitrogen and oxygen atoms in total. The van der Waals surface area contributed by atoms with E-state index in [4.69, 9.17) is 16.3 Å². The number of amides is 1. The molecule has 0 aliphatic carbocycles. The van der Waals surface area contributed by atoms with Crippen LogP contribution in [0.15, 0.2) is 83.8 Å². The van der Waals surface area contributed by atoms with Crippen molar-refractivity contribution in [2.45, 2.75) is 17.4 Å². The molecule has 0 bridgehead atoms. The molecule has 0 heterocycles. The van der Waals surface area contributed by atoms with E-state index in [0.717, 1.165) is 5.56 Å². The summed E-state index contributed by atoms with van der Waals surface area (Å²) in [6.07, 6.45) is -0.0380. The van der Waals surface area contributed by atoms with Crippen LogP contribution in [0.2, 0.25) is 5.02 Å². The van der Waals surface area contributed by atoms with Crippen LogP contribution in [-0.2, 0) is 19.6 Å². The number of methoxy groups -OCH3 is 1. The van der Waals surface area contributed by atoms with Crippen molar-refractivity contribution in [2.24, 2.45) is 0 Å². The molecule has 0 fully saturated rings. The number of carbonyl (C=O) groups is 2. The van der Waals surface area contributed by atoms with Gasteiger partial charge in [0.25, 0.3) is 15.9 Å². The average molecular weight is 473 g/mol. The van der Waals surface area contributed by atoms with Crippen LogP contribution >= 0.6 is 11.6 Å². The van der Waals surface area contributed by atoms with Crippen molar-refractivity contribution < 1.29 is 22.7 Å². The zero-order chi connectivity index (χ0) is 23.1. The highest BCUT2D eigenvalue weighted by Crippen LogP contribution is 2.21. The van der Waals surface area contributed by atoms with Gasteiger partial charge in [-0.25, -0.2) is 8.42 Å². The molecular weight excluding hydrogens is 452 g/mol. The molecule has 1 atom stereocenters. The Morgan fingerprint density at radius 1 is 0.938 bits per heavy atom. The van der Waals surface area contributed by atoms with Crippen LogP contribution in [0, 0.1) is 0 Å². The first-order chi connectivity index (χ1) is 15.3. The van der Waals surface area contributed by atoms with Crippen LogP contribution in [0.5, 0.6) is 0 Å². The van der Waals surface area contributed by atoms with Crippen LogP contribution in [0.3, 0.4) is 0 Å². The summed E-state index contributed by atoms with van der Waals surface area (Å²) in [4.78, 5) is 24.5. The first-order valence-electron chi connectivity index (χ1n) is 9.59. The van der Waals surface area contributed by atoms with Crippen molar-refractivity contribution in [1.82, 2.24) is 5.32 Å². The zero-order valence-corrected chi connectivity index (χ0v) is 18.7. The zero-order valence-electron chi connectivity index (χ0n) is 17.1. The van der Waals surface area contributed by atoms with Crippen LogP contribution < -0.4 is 10.0 Å². The largest absolute Gasteiger partial charge is 0.469 e. The summed E-state index contributed by atoms with van der Waals surface area (Å²) in [5.74, 6) is -0.911. The van der Waals surface area contributed by atoms with Gasteiger partial charge in [-0.3, -0.25) is 14.3 Å². The van der Waals surface area contributed by atoms with Gasteiger partial charge >= 0.3 is 5.97 Å². The molecule has 32 heavy (non-hydrogen) atoms. The lowest BCUT2D eigenvalue weighted by molar-refractivity contribution is -0.141. The molecule has 2 N–H and O–H groups in total. The Morgan fingerprint density at radius 3 is 2.16 bits per heavy atom. The van der Waals surface area contributed by atoms with Gasteiger partial charge in [0.1, 0.15) is 0 Å². The molecule has 0 saturated carbocycles. The van der Waals surface area contributed by atoms with E-state index in [1.165, 1.54) is 31.4 Å². The lowest BCUT2D eigenvalue weighted by atomic mass is 10.0. The number of hydrogen-bond acceptors (Lipinski definition) is 5. The quantitative estimate of drug-likeness (QED) is 0.479.